The first kappa shape index (κ1) is 29.5. The average Bonchev–Trinajstić information content (AvgIpc) is 2.74. The van der Waals surface area contributed by atoms with Gasteiger partial charge >= 0.3 is 0 Å². The van der Waals surface area contributed by atoms with E-state index in [1.807, 2.05) is 45.2 Å². The molecule has 2 aromatic carbocycles. The fraction of sp³-hybridized carbons (Fsp3) is 0.520. The third-order valence-electron chi connectivity index (χ3n) is 6.03. The summed E-state index contributed by atoms with van der Waals surface area (Å²) in [7, 11) is 2.04. The molecule has 0 saturated carbocycles. The lowest BCUT2D eigenvalue weighted by atomic mass is 9.87. The fourth-order valence-electron chi connectivity index (χ4n) is 3.99. The van der Waals surface area contributed by atoms with Gasteiger partial charge in [-0.3, -0.25) is 0 Å². The summed E-state index contributed by atoms with van der Waals surface area (Å²) in [4.78, 5) is 4.32. The van der Waals surface area contributed by atoms with E-state index in [0.29, 0.717) is 31.4 Å². The molecule has 0 aromatic heterocycles. The van der Waals surface area contributed by atoms with Gasteiger partial charge in [-0.1, -0.05) is 12.1 Å². The number of likely N-dealkylation sites (tertiary alicyclic amines) is 1. The minimum Gasteiger partial charge on any atom is -0.491 e. The van der Waals surface area contributed by atoms with Crippen LogP contribution in [0.1, 0.15) is 44.8 Å². The first-order valence-corrected chi connectivity index (χ1v) is 11.1. The lowest BCUT2D eigenvalue weighted by molar-refractivity contribution is -0.0340. The van der Waals surface area contributed by atoms with Gasteiger partial charge in [0.15, 0.2) is 0 Å². The third kappa shape index (κ3) is 8.95. The van der Waals surface area contributed by atoms with E-state index in [2.05, 4.69) is 9.80 Å². The van der Waals surface area contributed by atoms with Crippen molar-refractivity contribution in [3.8, 4) is 5.75 Å². The molecule has 5 nitrogen and oxygen atoms in total. The van der Waals surface area contributed by atoms with E-state index in [1.165, 1.54) is 12.1 Å². The molecule has 0 amide bonds. The Morgan fingerprint density at radius 2 is 1.61 bits per heavy atom. The maximum Gasteiger partial charge on any atom is 0.123 e. The predicted octanol–water partition coefficient (Wildman–Crippen LogP) is 4.84. The average molecular weight is 503 g/mol. The zero-order chi connectivity index (χ0) is 22.4. The number of aliphatic hydroxyl groups excluding tert-OH is 1. The maximum atomic E-state index is 13.1. The van der Waals surface area contributed by atoms with E-state index in [1.54, 1.807) is 12.1 Å². The van der Waals surface area contributed by atoms with Crippen molar-refractivity contribution in [2.24, 2.45) is 0 Å². The predicted molar refractivity (Wildman–Crippen MR) is 137 cm³/mol. The molecule has 0 radical (unpaired) electrons. The van der Waals surface area contributed by atoms with Crippen LogP contribution in [0.4, 0.5) is 10.1 Å². The Bertz CT molecular complexity index is 813. The van der Waals surface area contributed by atoms with Gasteiger partial charge in [-0.2, -0.15) is 0 Å². The number of benzene rings is 2. The summed E-state index contributed by atoms with van der Waals surface area (Å²) >= 11 is 0. The van der Waals surface area contributed by atoms with Crippen molar-refractivity contribution in [1.82, 2.24) is 4.90 Å². The van der Waals surface area contributed by atoms with Gasteiger partial charge in [0.25, 0.3) is 0 Å². The molecule has 1 heterocycles. The minimum atomic E-state index is -0.688. The highest BCUT2D eigenvalue weighted by Gasteiger charge is 2.32. The molecular formula is C25H37Cl2FN2O3. The van der Waals surface area contributed by atoms with E-state index < -0.39 is 11.7 Å². The molecule has 1 aliphatic heterocycles. The molecule has 1 fully saturated rings. The highest BCUT2D eigenvalue weighted by molar-refractivity contribution is 5.85. The maximum absolute atomic E-state index is 13.1. The quantitative estimate of drug-likeness (QED) is 0.513. The Balaban J connectivity index is 0.00000272. The van der Waals surface area contributed by atoms with Crippen LogP contribution in [0.5, 0.6) is 5.75 Å². The molecule has 1 aliphatic rings. The Hall–Kier alpha value is -1.57. The second-order valence-electron chi connectivity index (χ2n) is 8.92. The van der Waals surface area contributed by atoms with Crippen LogP contribution >= 0.6 is 24.8 Å². The number of anilines is 1. The molecule has 0 spiro atoms. The van der Waals surface area contributed by atoms with E-state index >= 15 is 0 Å². The molecule has 0 bridgehead atoms. The Morgan fingerprint density at radius 1 is 1.03 bits per heavy atom. The summed E-state index contributed by atoms with van der Waals surface area (Å²) in [6.07, 6.45) is 1.55. The van der Waals surface area contributed by atoms with Crippen molar-refractivity contribution < 1.29 is 19.3 Å². The zero-order valence-electron chi connectivity index (χ0n) is 19.6. The first-order chi connectivity index (χ1) is 14.7. The van der Waals surface area contributed by atoms with Crippen molar-refractivity contribution in [2.75, 3.05) is 38.1 Å². The fourth-order valence-corrected chi connectivity index (χ4v) is 3.99. The van der Waals surface area contributed by atoms with Crippen molar-refractivity contribution in [3.63, 3.8) is 0 Å². The number of piperidine rings is 1. The van der Waals surface area contributed by atoms with Crippen LogP contribution in [0.25, 0.3) is 0 Å². The van der Waals surface area contributed by atoms with E-state index in [-0.39, 0.29) is 36.7 Å². The molecule has 8 heteroatoms. The van der Waals surface area contributed by atoms with Gasteiger partial charge in [0.1, 0.15) is 11.6 Å². The lowest BCUT2D eigenvalue weighted by Gasteiger charge is -2.39. The molecule has 2 aromatic rings. The van der Waals surface area contributed by atoms with Gasteiger partial charge in [-0.05, 0) is 75.1 Å². The van der Waals surface area contributed by atoms with Gasteiger partial charge in [0, 0.05) is 38.9 Å². The summed E-state index contributed by atoms with van der Waals surface area (Å²) < 4.78 is 18.8. The number of rotatable bonds is 9. The molecule has 1 saturated heterocycles. The number of hydrogen-bond donors (Lipinski definition) is 2. The molecule has 186 valence electrons. The molecule has 1 atom stereocenters. The van der Waals surface area contributed by atoms with E-state index in [4.69, 9.17) is 4.74 Å². The number of halogens is 3. The number of aliphatic hydroxyl groups is 2. The SMILES string of the molecule is CC(C)Oc1ccc(N(C)CCC2(O)CCN(CC(O)c3ccc(F)cc3)CC2)cc1.Cl.Cl. The monoisotopic (exact) mass is 502 g/mol. The Labute approximate surface area is 209 Å². The van der Waals surface area contributed by atoms with Crippen LogP contribution in [0.2, 0.25) is 0 Å². The standard InChI is InChI=1S/C25H35FN2O3.2ClH/c1-19(2)31-23-10-8-22(9-11-23)27(3)15-12-25(30)13-16-28(17-14-25)18-24(29)20-4-6-21(26)7-5-20;;/h4-11,19,24,29-30H,12-18H2,1-3H3;2*1H. The van der Waals surface area contributed by atoms with Crippen molar-refractivity contribution in [1.29, 1.82) is 0 Å². The topological polar surface area (TPSA) is 56.2 Å². The smallest absolute Gasteiger partial charge is 0.123 e. The summed E-state index contributed by atoms with van der Waals surface area (Å²) in [6, 6.07) is 14.0. The van der Waals surface area contributed by atoms with Crippen LogP contribution < -0.4 is 9.64 Å². The van der Waals surface area contributed by atoms with Gasteiger partial charge in [-0.25, -0.2) is 4.39 Å². The third-order valence-corrected chi connectivity index (χ3v) is 6.03. The second kappa shape index (κ2) is 13.4. The number of ether oxygens (including phenoxy) is 1. The van der Waals surface area contributed by atoms with E-state index in [0.717, 1.165) is 31.1 Å². The molecule has 1 unspecified atom stereocenters. The summed E-state index contributed by atoms with van der Waals surface area (Å²) in [5.41, 5.74) is 1.12. The zero-order valence-corrected chi connectivity index (χ0v) is 21.2. The highest BCUT2D eigenvalue weighted by atomic mass is 35.5. The highest BCUT2D eigenvalue weighted by Crippen LogP contribution is 2.28. The molecule has 0 aliphatic carbocycles. The minimum absolute atomic E-state index is 0. The first-order valence-electron chi connectivity index (χ1n) is 11.1. The molecule has 3 rings (SSSR count). The van der Waals surface area contributed by atoms with Gasteiger partial charge < -0.3 is 24.7 Å². The number of nitrogens with zero attached hydrogens (tertiary/aromatic N) is 2. The molecule has 33 heavy (non-hydrogen) atoms. The summed E-state index contributed by atoms with van der Waals surface area (Å²) in [5, 5.41) is 21.5. The van der Waals surface area contributed by atoms with Crippen LogP contribution in [-0.2, 0) is 0 Å². The number of β-amino-alcohol motifs (C(OH)–C–C–N with tert-alkyl or cyclic N) is 1. The van der Waals surface area contributed by atoms with Crippen LogP contribution in [0.3, 0.4) is 0 Å². The van der Waals surface area contributed by atoms with Crippen molar-refractivity contribution in [2.45, 2.75) is 50.9 Å². The van der Waals surface area contributed by atoms with E-state index in [9.17, 15) is 14.6 Å². The van der Waals surface area contributed by atoms with Crippen molar-refractivity contribution >= 4 is 30.5 Å². The van der Waals surface area contributed by atoms with Gasteiger partial charge in [-0.15, -0.1) is 24.8 Å². The Kier molecular flexibility index (Phi) is 11.9. The van der Waals surface area contributed by atoms with Gasteiger partial charge in [0.05, 0.1) is 17.8 Å². The largest absolute Gasteiger partial charge is 0.491 e. The van der Waals surface area contributed by atoms with Crippen molar-refractivity contribution in [3.05, 3.63) is 59.9 Å². The Morgan fingerprint density at radius 3 is 2.15 bits per heavy atom. The van der Waals surface area contributed by atoms with Gasteiger partial charge in [0.2, 0.25) is 0 Å². The normalized spacial score (nSPS) is 16.5. The summed E-state index contributed by atoms with van der Waals surface area (Å²) in [6.45, 7) is 6.75. The summed E-state index contributed by atoms with van der Waals surface area (Å²) in [5.74, 6) is 0.560. The van der Waals surface area contributed by atoms with Crippen LogP contribution in [-0.4, -0.2) is 60.0 Å². The second-order valence-corrected chi connectivity index (χ2v) is 8.92. The number of hydrogen-bond acceptors (Lipinski definition) is 5. The van der Waals surface area contributed by atoms with Crippen LogP contribution in [0, 0.1) is 5.82 Å². The van der Waals surface area contributed by atoms with Crippen LogP contribution in [0.15, 0.2) is 48.5 Å². The molecule has 2 N–H and O–H groups in total. The lowest BCUT2D eigenvalue weighted by Crippen LogP contribution is -2.46. The molecular weight excluding hydrogens is 466 g/mol.